The van der Waals surface area contributed by atoms with Crippen LogP contribution in [0.15, 0.2) is 36.4 Å². The summed E-state index contributed by atoms with van der Waals surface area (Å²) in [5.41, 5.74) is 0.666. The maximum Gasteiger partial charge on any atom is 0.311 e. The molecule has 1 aromatic carbocycles. The van der Waals surface area contributed by atoms with Crippen LogP contribution in [-0.2, 0) is 59.1 Å². The number of benzene rings is 1. The lowest BCUT2D eigenvalue weighted by Crippen LogP contribution is -2.54. The SMILES string of the molecule is CC(C)[C@H](NC(=O)COCCOCCOCCOCCN1C(=O)C=CC1=O)C(=O)N[C@@H](C)C(=O)Nc1ccc(COC(=O)C(C)(C)C)cc1. The van der Waals surface area contributed by atoms with Gasteiger partial charge < -0.3 is 39.6 Å². The number of imide groups is 1. The van der Waals surface area contributed by atoms with Crippen LogP contribution in [0.3, 0.4) is 0 Å². The van der Waals surface area contributed by atoms with E-state index in [9.17, 15) is 28.8 Å². The summed E-state index contributed by atoms with van der Waals surface area (Å²) in [5.74, 6) is -2.71. The minimum absolute atomic E-state index is 0.113. The van der Waals surface area contributed by atoms with Gasteiger partial charge in [-0.2, -0.15) is 0 Å². The molecule has 2 rings (SSSR count). The first-order chi connectivity index (χ1) is 23.2. The van der Waals surface area contributed by atoms with E-state index in [1.807, 2.05) is 0 Å². The van der Waals surface area contributed by atoms with Crippen LogP contribution in [0.4, 0.5) is 5.69 Å². The molecule has 272 valence electrons. The van der Waals surface area contributed by atoms with Crippen LogP contribution >= 0.6 is 0 Å². The van der Waals surface area contributed by atoms with Crippen molar-refractivity contribution in [2.24, 2.45) is 11.3 Å². The third kappa shape index (κ3) is 15.7. The van der Waals surface area contributed by atoms with Crippen LogP contribution in [0, 0.1) is 11.3 Å². The van der Waals surface area contributed by atoms with E-state index in [0.717, 1.165) is 10.5 Å². The Morgan fingerprint density at radius 1 is 0.735 bits per heavy atom. The molecule has 0 bridgehead atoms. The summed E-state index contributed by atoms with van der Waals surface area (Å²) in [4.78, 5) is 74.0. The van der Waals surface area contributed by atoms with Crippen molar-refractivity contribution in [1.29, 1.82) is 0 Å². The Morgan fingerprint density at radius 3 is 1.80 bits per heavy atom. The van der Waals surface area contributed by atoms with Crippen molar-refractivity contribution < 1.29 is 52.5 Å². The van der Waals surface area contributed by atoms with Gasteiger partial charge in [-0.05, 0) is 51.3 Å². The zero-order chi connectivity index (χ0) is 36.4. The van der Waals surface area contributed by atoms with Gasteiger partial charge in [-0.15, -0.1) is 0 Å². The number of hydrogen-bond donors (Lipinski definition) is 3. The molecule has 0 radical (unpaired) electrons. The molecule has 0 unspecified atom stereocenters. The van der Waals surface area contributed by atoms with Gasteiger partial charge in [-0.25, -0.2) is 0 Å². The standard InChI is InChI=1S/C34H50N4O11/c1-23(2)30(32(43)35-24(3)31(42)36-26-9-7-25(8-10-26)21-49-33(44)34(4,5)6)37-27(39)22-48-20-19-47-18-17-46-16-15-45-14-13-38-28(40)11-12-29(38)41/h7-12,23-24,30H,13-22H2,1-6H3,(H,35,43)(H,36,42)(H,37,39)/t24-,30-/m0/s1. The molecule has 3 N–H and O–H groups in total. The minimum atomic E-state index is -0.889. The normalized spacial score (nSPS) is 14.1. The van der Waals surface area contributed by atoms with Crippen LogP contribution in [0.5, 0.6) is 0 Å². The molecular weight excluding hydrogens is 640 g/mol. The van der Waals surface area contributed by atoms with Crippen molar-refractivity contribution in [2.75, 3.05) is 64.7 Å². The van der Waals surface area contributed by atoms with Crippen LogP contribution in [0.1, 0.15) is 47.1 Å². The highest BCUT2D eigenvalue weighted by molar-refractivity contribution is 6.12. The van der Waals surface area contributed by atoms with Crippen LogP contribution in [0.25, 0.3) is 0 Å². The molecular formula is C34H50N4O11. The maximum absolute atomic E-state index is 12.9. The van der Waals surface area contributed by atoms with Crippen molar-refractivity contribution in [3.8, 4) is 0 Å². The van der Waals surface area contributed by atoms with Gasteiger partial charge in [0, 0.05) is 17.8 Å². The molecule has 49 heavy (non-hydrogen) atoms. The molecule has 0 saturated heterocycles. The van der Waals surface area contributed by atoms with E-state index in [2.05, 4.69) is 16.0 Å². The summed E-state index contributed by atoms with van der Waals surface area (Å²) in [5, 5.41) is 8.03. The molecule has 5 amide bonds. The number of esters is 1. The molecule has 15 heteroatoms. The lowest BCUT2D eigenvalue weighted by Gasteiger charge is -2.24. The van der Waals surface area contributed by atoms with Crippen molar-refractivity contribution in [2.45, 2.75) is 60.2 Å². The number of carbonyl (C=O) groups excluding carboxylic acids is 6. The summed E-state index contributed by atoms with van der Waals surface area (Å²) in [6.07, 6.45) is 2.45. The van der Waals surface area contributed by atoms with E-state index in [-0.39, 0.29) is 63.3 Å². The number of anilines is 1. The molecule has 2 atom stereocenters. The number of hydrogen-bond acceptors (Lipinski definition) is 11. The molecule has 0 saturated carbocycles. The Hall–Kier alpha value is -4.18. The minimum Gasteiger partial charge on any atom is -0.460 e. The Kier molecular flexibility index (Phi) is 17.6. The highest BCUT2D eigenvalue weighted by Gasteiger charge is 2.27. The average Bonchev–Trinajstić information content (AvgIpc) is 3.36. The van der Waals surface area contributed by atoms with Crippen molar-refractivity contribution in [3.63, 3.8) is 0 Å². The van der Waals surface area contributed by atoms with Gasteiger partial charge in [0.05, 0.1) is 58.2 Å². The predicted molar refractivity (Wildman–Crippen MR) is 178 cm³/mol. The monoisotopic (exact) mass is 690 g/mol. The first-order valence-corrected chi connectivity index (χ1v) is 16.2. The summed E-state index contributed by atoms with van der Waals surface area (Å²) < 4.78 is 26.8. The van der Waals surface area contributed by atoms with E-state index in [0.29, 0.717) is 32.1 Å². The van der Waals surface area contributed by atoms with Crippen LogP contribution < -0.4 is 16.0 Å². The van der Waals surface area contributed by atoms with Gasteiger partial charge in [0.25, 0.3) is 11.8 Å². The van der Waals surface area contributed by atoms with E-state index in [1.165, 1.54) is 19.1 Å². The van der Waals surface area contributed by atoms with E-state index in [4.69, 9.17) is 23.7 Å². The molecule has 1 aliphatic rings. The number of nitrogens with one attached hydrogen (secondary N) is 3. The fraction of sp³-hybridized carbons (Fsp3) is 0.588. The third-order valence-corrected chi connectivity index (χ3v) is 6.93. The molecule has 0 fully saturated rings. The van der Waals surface area contributed by atoms with Crippen LogP contribution in [-0.4, -0.2) is 112 Å². The van der Waals surface area contributed by atoms with E-state index in [1.54, 1.807) is 58.9 Å². The summed E-state index contributed by atoms with van der Waals surface area (Å²) in [7, 11) is 0. The third-order valence-electron chi connectivity index (χ3n) is 6.93. The maximum atomic E-state index is 12.9. The zero-order valence-corrected chi connectivity index (χ0v) is 29.2. The largest absolute Gasteiger partial charge is 0.460 e. The summed E-state index contributed by atoms with van der Waals surface area (Å²) >= 11 is 0. The second-order valence-electron chi connectivity index (χ2n) is 12.6. The molecule has 15 nitrogen and oxygen atoms in total. The average molecular weight is 691 g/mol. The topological polar surface area (TPSA) is 188 Å². The van der Waals surface area contributed by atoms with Crippen molar-refractivity contribution in [3.05, 3.63) is 42.0 Å². The lowest BCUT2D eigenvalue weighted by atomic mass is 9.97. The Morgan fingerprint density at radius 2 is 1.27 bits per heavy atom. The molecule has 0 aliphatic carbocycles. The van der Waals surface area contributed by atoms with Gasteiger partial charge in [-0.1, -0.05) is 26.0 Å². The number of amides is 5. The molecule has 0 spiro atoms. The molecule has 0 aromatic heterocycles. The van der Waals surface area contributed by atoms with E-state index >= 15 is 0 Å². The Bertz CT molecular complexity index is 1270. The van der Waals surface area contributed by atoms with Crippen LogP contribution in [0.2, 0.25) is 0 Å². The molecule has 1 aromatic rings. The lowest BCUT2D eigenvalue weighted by molar-refractivity contribution is -0.154. The highest BCUT2D eigenvalue weighted by Crippen LogP contribution is 2.17. The van der Waals surface area contributed by atoms with Gasteiger partial charge in [0.2, 0.25) is 17.7 Å². The van der Waals surface area contributed by atoms with Crippen molar-refractivity contribution >= 4 is 41.2 Å². The molecule has 1 heterocycles. The smallest absolute Gasteiger partial charge is 0.311 e. The fourth-order valence-corrected chi connectivity index (χ4v) is 4.05. The number of carbonyl (C=O) groups is 6. The number of rotatable bonds is 22. The van der Waals surface area contributed by atoms with Gasteiger partial charge in [-0.3, -0.25) is 33.7 Å². The zero-order valence-electron chi connectivity index (χ0n) is 29.2. The summed E-state index contributed by atoms with van der Waals surface area (Å²) in [6, 6.07) is 5.03. The first kappa shape index (κ1) is 41.0. The van der Waals surface area contributed by atoms with Gasteiger partial charge >= 0.3 is 5.97 Å². The number of ether oxygens (including phenoxy) is 5. The second kappa shape index (κ2) is 21.0. The summed E-state index contributed by atoms with van der Waals surface area (Å²) in [6.45, 7) is 12.3. The van der Waals surface area contributed by atoms with Crippen molar-refractivity contribution in [1.82, 2.24) is 15.5 Å². The Balaban J connectivity index is 1.57. The fourth-order valence-electron chi connectivity index (χ4n) is 4.05. The quantitative estimate of drug-likeness (QED) is 0.0906. The predicted octanol–water partition coefficient (Wildman–Crippen LogP) is 1.35. The number of nitrogens with zero attached hydrogens (tertiary/aromatic N) is 1. The van der Waals surface area contributed by atoms with E-state index < -0.39 is 35.2 Å². The highest BCUT2D eigenvalue weighted by atomic mass is 16.6. The Labute approximate surface area is 287 Å². The first-order valence-electron chi connectivity index (χ1n) is 16.2. The van der Waals surface area contributed by atoms with Gasteiger partial charge in [0.1, 0.15) is 25.3 Å². The molecule has 1 aliphatic heterocycles. The second-order valence-corrected chi connectivity index (χ2v) is 12.6. The van der Waals surface area contributed by atoms with Gasteiger partial charge in [0.15, 0.2) is 0 Å².